The Kier molecular flexibility index (Phi) is 3.49. The monoisotopic (exact) mass is 258 g/mol. The third kappa shape index (κ3) is 2.95. The van der Waals surface area contributed by atoms with Crippen LogP contribution in [0.2, 0.25) is 0 Å². The maximum atomic E-state index is 10.7. The highest BCUT2D eigenvalue weighted by Gasteiger charge is 2.44. The zero-order valence-electron chi connectivity index (χ0n) is 9.10. The quantitative estimate of drug-likeness (QED) is 0.794. The van der Waals surface area contributed by atoms with E-state index < -0.39 is 5.97 Å². The van der Waals surface area contributed by atoms with Gasteiger partial charge in [-0.05, 0) is 29.8 Å². The molecule has 0 aliphatic heterocycles. The van der Waals surface area contributed by atoms with Crippen molar-refractivity contribution < 1.29 is 9.90 Å². The fourth-order valence-corrected chi connectivity index (χ4v) is 3.51. The standard InChI is InChI=1S/C10H14N2O2S2/c1-2-7-11-9(16-12-7)15-6-10(3-4-10)5-8(13)14/h2-6H2,1H3,(H,13,14). The van der Waals surface area contributed by atoms with Crippen molar-refractivity contribution in [2.75, 3.05) is 5.75 Å². The summed E-state index contributed by atoms with van der Waals surface area (Å²) in [6.07, 6.45) is 3.22. The average molecular weight is 258 g/mol. The predicted molar refractivity (Wildman–Crippen MR) is 63.9 cm³/mol. The molecule has 1 saturated carbocycles. The number of hydrogen-bond acceptors (Lipinski definition) is 5. The van der Waals surface area contributed by atoms with Gasteiger partial charge < -0.3 is 5.11 Å². The first-order valence-corrected chi connectivity index (χ1v) is 7.07. The third-order valence-corrected chi connectivity index (χ3v) is 4.97. The van der Waals surface area contributed by atoms with Crippen LogP contribution >= 0.6 is 23.3 Å². The second kappa shape index (κ2) is 4.71. The van der Waals surface area contributed by atoms with E-state index in [0.29, 0.717) is 6.42 Å². The first-order valence-electron chi connectivity index (χ1n) is 5.31. The number of aliphatic carboxylic acids is 1. The van der Waals surface area contributed by atoms with Crippen LogP contribution in [0.3, 0.4) is 0 Å². The molecule has 0 spiro atoms. The molecule has 1 aliphatic carbocycles. The van der Waals surface area contributed by atoms with Crippen LogP contribution in [0.25, 0.3) is 0 Å². The van der Waals surface area contributed by atoms with Gasteiger partial charge in [-0.3, -0.25) is 4.79 Å². The molecule has 2 rings (SSSR count). The van der Waals surface area contributed by atoms with Crippen LogP contribution in [0.5, 0.6) is 0 Å². The fourth-order valence-electron chi connectivity index (χ4n) is 1.52. The van der Waals surface area contributed by atoms with Gasteiger partial charge in [0.15, 0.2) is 4.34 Å². The van der Waals surface area contributed by atoms with Gasteiger partial charge in [-0.15, -0.1) is 0 Å². The summed E-state index contributed by atoms with van der Waals surface area (Å²) in [5.41, 5.74) is 0.0363. The summed E-state index contributed by atoms with van der Waals surface area (Å²) in [7, 11) is 0. The molecule has 1 fully saturated rings. The van der Waals surface area contributed by atoms with Crippen LogP contribution in [-0.4, -0.2) is 26.2 Å². The lowest BCUT2D eigenvalue weighted by atomic mass is 10.1. The number of aromatic nitrogens is 2. The molecule has 1 heterocycles. The number of aryl methyl sites for hydroxylation is 1. The summed E-state index contributed by atoms with van der Waals surface area (Å²) in [4.78, 5) is 15.0. The maximum absolute atomic E-state index is 10.7. The molecule has 1 N–H and O–H groups in total. The number of nitrogens with zero attached hydrogens (tertiary/aromatic N) is 2. The third-order valence-electron chi connectivity index (χ3n) is 2.75. The second-order valence-corrected chi connectivity index (χ2v) is 6.16. The van der Waals surface area contributed by atoms with Crippen LogP contribution in [0.4, 0.5) is 0 Å². The van der Waals surface area contributed by atoms with E-state index in [2.05, 4.69) is 9.36 Å². The van der Waals surface area contributed by atoms with Crippen LogP contribution < -0.4 is 0 Å². The minimum Gasteiger partial charge on any atom is -0.481 e. The summed E-state index contributed by atoms with van der Waals surface area (Å²) < 4.78 is 5.18. The van der Waals surface area contributed by atoms with Crippen LogP contribution in [0.15, 0.2) is 4.34 Å². The number of carboxylic acid groups (broad SMARTS) is 1. The molecule has 0 unspecified atom stereocenters. The van der Waals surface area contributed by atoms with Crippen molar-refractivity contribution in [2.24, 2.45) is 5.41 Å². The molecule has 0 amide bonds. The molecule has 6 heteroatoms. The van der Waals surface area contributed by atoms with Crippen molar-refractivity contribution in [1.82, 2.24) is 9.36 Å². The van der Waals surface area contributed by atoms with Gasteiger partial charge in [0.25, 0.3) is 0 Å². The smallest absolute Gasteiger partial charge is 0.303 e. The van der Waals surface area contributed by atoms with Gasteiger partial charge in [-0.25, -0.2) is 4.98 Å². The van der Waals surface area contributed by atoms with Gasteiger partial charge in [0, 0.05) is 12.2 Å². The van der Waals surface area contributed by atoms with E-state index in [-0.39, 0.29) is 5.41 Å². The van der Waals surface area contributed by atoms with E-state index in [9.17, 15) is 4.79 Å². The Hall–Kier alpha value is -0.620. The summed E-state index contributed by atoms with van der Waals surface area (Å²) in [5, 5.41) is 8.79. The highest BCUT2D eigenvalue weighted by atomic mass is 32.2. The van der Waals surface area contributed by atoms with Crippen LogP contribution in [0, 0.1) is 5.41 Å². The molecule has 0 bridgehead atoms. The van der Waals surface area contributed by atoms with Gasteiger partial charge >= 0.3 is 5.97 Å². The molecular weight excluding hydrogens is 244 g/mol. The Labute approximate surface area is 103 Å². The van der Waals surface area contributed by atoms with Gasteiger partial charge in [0.2, 0.25) is 0 Å². The lowest BCUT2D eigenvalue weighted by Gasteiger charge is -2.09. The molecule has 0 atom stereocenters. The number of rotatable bonds is 6. The summed E-state index contributed by atoms with van der Waals surface area (Å²) in [6.45, 7) is 2.03. The number of carbonyl (C=O) groups is 1. The van der Waals surface area contributed by atoms with E-state index in [4.69, 9.17) is 5.11 Å². The summed E-state index contributed by atoms with van der Waals surface area (Å²) in [5.74, 6) is 1.05. The largest absolute Gasteiger partial charge is 0.481 e. The minimum absolute atomic E-state index is 0.0363. The zero-order valence-corrected chi connectivity index (χ0v) is 10.7. The van der Waals surface area contributed by atoms with Crippen molar-refractivity contribution in [3.63, 3.8) is 0 Å². The van der Waals surface area contributed by atoms with Gasteiger partial charge in [0.05, 0.1) is 6.42 Å². The van der Waals surface area contributed by atoms with Crippen LogP contribution in [-0.2, 0) is 11.2 Å². The normalized spacial score (nSPS) is 17.3. The van der Waals surface area contributed by atoms with E-state index in [0.717, 1.165) is 35.2 Å². The van der Waals surface area contributed by atoms with Crippen molar-refractivity contribution in [2.45, 2.75) is 36.9 Å². The predicted octanol–water partition coefficient (Wildman–Crippen LogP) is 2.45. The Morgan fingerprint density at radius 1 is 1.62 bits per heavy atom. The minimum atomic E-state index is -0.690. The topological polar surface area (TPSA) is 63.1 Å². The molecule has 0 saturated heterocycles. The maximum Gasteiger partial charge on any atom is 0.303 e. The summed E-state index contributed by atoms with van der Waals surface area (Å²) in [6, 6.07) is 0. The Balaban J connectivity index is 1.85. The lowest BCUT2D eigenvalue weighted by molar-refractivity contribution is -0.138. The number of hydrogen-bond donors (Lipinski definition) is 1. The van der Waals surface area contributed by atoms with Crippen LogP contribution in [0.1, 0.15) is 32.0 Å². The molecule has 1 aromatic rings. The molecule has 0 radical (unpaired) electrons. The molecular formula is C10H14N2O2S2. The van der Waals surface area contributed by atoms with E-state index in [1.165, 1.54) is 11.5 Å². The van der Waals surface area contributed by atoms with E-state index in [1.807, 2.05) is 6.92 Å². The highest BCUT2D eigenvalue weighted by Crippen LogP contribution is 2.52. The lowest BCUT2D eigenvalue weighted by Crippen LogP contribution is -2.10. The van der Waals surface area contributed by atoms with Gasteiger partial charge in [0.1, 0.15) is 5.82 Å². The van der Waals surface area contributed by atoms with Crippen molar-refractivity contribution in [3.8, 4) is 0 Å². The highest BCUT2D eigenvalue weighted by molar-refractivity contribution is 8.00. The molecule has 88 valence electrons. The Bertz CT molecular complexity index is 388. The van der Waals surface area contributed by atoms with Gasteiger partial charge in [-0.1, -0.05) is 18.7 Å². The average Bonchev–Trinajstić information content (AvgIpc) is 2.83. The van der Waals surface area contributed by atoms with Crippen molar-refractivity contribution >= 4 is 29.3 Å². The molecule has 4 nitrogen and oxygen atoms in total. The van der Waals surface area contributed by atoms with Gasteiger partial charge in [-0.2, -0.15) is 4.37 Å². The fraction of sp³-hybridized carbons (Fsp3) is 0.700. The molecule has 1 aliphatic rings. The second-order valence-electron chi connectivity index (χ2n) is 4.19. The van der Waals surface area contributed by atoms with E-state index >= 15 is 0 Å². The first kappa shape index (κ1) is 11.9. The Morgan fingerprint density at radius 3 is 2.88 bits per heavy atom. The number of thioether (sulfide) groups is 1. The zero-order chi connectivity index (χ0) is 11.6. The molecule has 1 aromatic heterocycles. The van der Waals surface area contributed by atoms with Crippen molar-refractivity contribution in [3.05, 3.63) is 5.82 Å². The SMILES string of the molecule is CCc1nsc(SCC2(CC(=O)O)CC2)n1. The number of carboxylic acids is 1. The Morgan fingerprint density at radius 2 is 2.38 bits per heavy atom. The van der Waals surface area contributed by atoms with E-state index in [1.54, 1.807) is 11.8 Å². The molecule has 16 heavy (non-hydrogen) atoms. The van der Waals surface area contributed by atoms with Crippen molar-refractivity contribution in [1.29, 1.82) is 0 Å². The first-order chi connectivity index (χ1) is 7.63. The molecule has 0 aromatic carbocycles. The summed E-state index contributed by atoms with van der Waals surface area (Å²) >= 11 is 3.07.